The van der Waals surface area contributed by atoms with Crippen molar-refractivity contribution in [1.29, 1.82) is 0 Å². The molecule has 2 aromatic heterocycles. The molecule has 0 saturated heterocycles. The number of aryl methyl sites for hydroxylation is 2. The fraction of sp³-hybridized carbons (Fsp3) is 0.500. The van der Waals surface area contributed by atoms with Crippen LogP contribution in [-0.2, 0) is 19.9 Å². The molecule has 6 nitrogen and oxygen atoms in total. The van der Waals surface area contributed by atoms with Gasteiger partial charge in [-0.05, 0) is 24.8 Å². The van der Waals surface area contributed by atoms with Gasteiger partial charge in [-0.15, -0.1) is 5.73 Å². The summed E-state index contributed by atoms with van der Waals surface area (Å²) in [5.41, 5.74) is 9.83. The van der Waals surface area contributed by atoms with Gasteiger partial charge in [-0.25, -0.2) is 4.98 Å². The molecule has 2 rings (SSSR count). The summed E-state index contributed by atoms with van der Waals surface area (Å²) in [5.74, 6) is 1.65. The highest BCUT2D eigenvalue weighted by molar-refractivity contribution is 5.03. The second-order valence-corrected chi connectivity index (χ2v) is 5.63. The van der Waals surface area contributed by atoms with Gasteiger partial charge in [-0.1, -0.05) is 18.7 Å². The first-order valence-electron chi connectivity index (χ1n) is 7.49. The maximum absolute atomic E-state index is 6.10. The highest BCUT2D eigenvalue weighted by Crippen LogP contribution is 2.15. The molecule has 2 aromatic rings. The van der Waals surface area contributed by atoms with Crippen LogP contribution in [0.5, 0.6) is 0 Å². The van der Waals surface area contributed by atoms with E-state index in [0.717, 1.165) is 25.0 Å². The highest BCUT2D eigenvalue weighted by Gasteiger charge is 2.16. The molecule has 118 valence electrons. The molecule has 0 aromatic carbocycles. The molecule has 2 unspecified atom stereocenters. The van der Waals surface area contributed by atoms with Crippen LogP contribution in [0, 0.1) is 5.92 Å². The van der Waals surface area contributed by atoms with Crippen molar-refractivity contribution in [2.45, 2.75) is 38.6 Å². The Bertz CT molecular complexity index is 639. The predicted molar refractivity (Wildman–Crippen MR) is 84.0 cm³/mol. The fourth-order valence-electron chi connectivity index (χ4n) is 2.27. The van der Waals surface area contributed by atoms with Gasteiger partial charge < -0.3 is 14.8 Å². The smallest absolute Gasteiger partial charge is 0.243 e. The molecule has 2 heterocycles. The Balaban J connectivity index is 1.83. The van der Waals surface area contributed by atoms with Crippen molar-refractivity contribution in [3.63, 3.8) is 0 Å². The number of hydrogen-bond acceptors (Lipinski definition) is 5. The van der Waals surface area contributed by atoms with E-state index in [9.17, 15) is 0 Å². The van der Waals surface area contributed by atoms with E-state index in [2.05, 4.69) is 34.4 Å². The molecule has 6 heteroatoms. The quantitative estimate of drug-likeness (QED) is 0.757. The Hall–Kier alpha value is -2.17. The summed E-state index contributed by atoms with van der Waals surface area (Å²) >= 11 is 0. The molecule has 2 atom stereocenters. The van der Waals surface area contributed by atoms with Crippen LogP contribution in [0.1, 0.15) is 43.2 Å². The van der Waals surface area contributed by atoms with E-state index in [-0.39, 0.29) is 6.04 Å². The zero-order valence-corrected chi connectivity index (χ0v) is 13.2. The molecule has 2 N–H and O–H groups in total. The van der Waals surface area contributed by atoms with Crippen molar-refractivity contribution in [2.75, 3.05) is 0 Å². The number of nitrogens with zero attached hydrogens (tertiary/aromatic N) is 4. The van der Waals surface area contributed by atoms with Crippen LogP contribution >= 0.6 is 0 Å². The Morgan fingerprint density at radius 3 is 3.05 bits per heavy atom. The number of aromatic nitrogens is 4. The maximum Gasteiger partial charge on any atom is 0.243 e. The van der Waals surface area contributed by atoms with Crippen molar-refractivity contribution in [1.82, 2.24) is 19.7 Å². The average Bonchev–Trinajstić information content (AvgIpc) is 3.08. The van der Waals surface area contributed by atoms with Gasteiger partial charge in [-0.2, -0.15) is 4.98 Å². The summed E-state index contributed by atoms with van der Waals surface area (Å²) in [5, 5.41) is 4.00. The minimum Gasteiger partial charge on any atom is -0.340 e. The summed E-state index contributed by atoms with van der Waals surface area (Å²) in [6, 6.07) is -0.321. The van der Waals surface area contributed by atoms with Crippen LogP contribution < -0.4 is 5.73 Å². The molecule has 0 bridgehead atoms. The molecule has 22 heavy (non-hydrogen) atoms. The Kier molecular flexibility index (Phi) is 5.69. The van der Waals surface area contributed by atoms with Crippen LogP contribution in [-0.4, -0.2) is 19.7 Å². The summed E-state index contributed by atoms with van der Waals surface area (Å²) < 4.78 is 7.15. The van der Waals surface area contributed by atoms with E-state index >= 15 is 0 Å². The second kappa shape index (κ2) is 7.73. The minimum absolute atomic E-state index is 0.321. The van der Waals surface area contributed by atoms with Gasteiger partial charge in [0.25, 0.3) is 0 Å². The molecule has 0 aliphatic rings. The van der Waals surface area contributed by atoms with E-state index in [4.69, 9.17) is 10.3 Å². The van der Waals surface area contributed by atoms with Crippen LogP contribution in [0.25, 0.3) is 0 Å². The summed E-state index contributed by atoms with van der Waals surface area (Å²) in [7, 11) is 1.93. The summed E-state index contributed by atoms with van der Waals surface area (Å²) in [6.07, 6.45) is 9.08. The molecular weight excluding hydrogens is 278 g/mol. The second-order valence-electron chi connectivity index (χ2n) is 5.63. The SMILES string of the molecule is C=C=CC(C)CCCc1noc(C(N)Cc2cn(C)cn2)n1. The van der Waals surface area contributed by atoms with Gasteiger partial charge in [0, 0.05) is 26.1 Å². The monoisotopic (exact) mass is 301 g/mol. The lowest BCUT2D eigenvalue weighted by atomic mass is 10.0. The minimum atomic E-state index is -0.321. The first-order chi connectivity index (χ1) is 10.6. The average molecular weight is 301 g/mol. The molecule has 0 amide bonds. The molecule has 0 spiro atoms. The molecule has 0 fully saturated rings. The highest BCUT2D eigenvalue weighted by atomic mass is 16.5. The largest absolute Gasteiger partial charge is 0.340 e. The molecule has 0 aliphatic carbocycles. The predicted octanol–water partition coefficient (Wildman–Crippen LogP) is 2.35. The Labute approximate surface area is 130 Å². The number of rotatable bonds is 8. The van der Waals surface area contributed by atoms with Crippen molar-refractivity contribution < 1.29 is 4.52 Å². The van der Waals surface area contributed by atoms with Gasteiger partial charge >= 0.3 is 0 Å². The third kappa shape index (κ3) is 4.69. The lowest BCUT2D eigenvalue weighted by Gasteiger charge is -2.03. The topological polar surface area (TPSA) is 82.8 Å². The van der Waals surface area contributed by atoms with Crippen molar-refractivity contribution in [3.8, 4) is 0 Å². The number of allylic oxidation sites excluding steroid dienone is 1. The van der Waals surface area contributed by atoms with Gasteiger partial charge in [-0.3, -0.25) is 0 Å². The Morgan fingerprint density at radius 1 is 1.55 bits per heavy atom. The zero-order valence-electron chi connectivity index (χ0n) is 13.2. The third-order valence-electron chi connectivity index (χ3n) is 3.45. The number of nitrogens with two attached hydrogens (primary N) is 1. The number of hydrogen-bond donors (Lipinski definition) is 1. The van der Waals surface area contributed by atoms with Gasteiger partial charge in [0.1, 0.15) is 0 Å². The van der Waals surface area contributed by atoms with E-state index in [1.807, 2.05) is 23.9 Å². The van der Waals surface area contributed by atoms with E-state index in [0.29, 0.717) is 24.1 Å². The van der Waals surface area contributed by atoms with Crippen LogP contribution in [0.15, 0.2) is 35.4 Å². The van der Waals surface area contributed by atoms with E-state index in [1.54, 1.807) is 6.33 Å². The van der Waals surface area contributed by atoms with Gasteiger partial charge in [0.2, 0.25) is 5.89 Å². The lowest BCUT2D eigenvalue weighted by molar-refractivity contribution is 0.349. The third-order valence-corrected chi connectivity index (χ3v) is 3.45. The number of imidazole rings is 1. The van der Waals surface area contributed by atoms with Crippen LogP contribution in [0.3, 0.4) is 0 Å². The van der Waals surface area contributed by atoms with E-state index in [1.165, 1.54) is 0 Å². The van der Waals surface area contributed by atoms with Gasteiger partial charge in [0.15, 0.2) is 5.82 Å². The van der Waals surface area contributed by atoms with Crippen LogP contribution in [0.2, 0.25) is 0 Å². The molecule has 0 radical (unpaired) electrons. The molecule has 0 aliphatic heterocycles. The molecule has 0 saturated carbocycles. The van der Waals surface area contributed by atoms with Crippen molar-refractivity contribution >= 4 is 0 Å². The lowest BCUT2D eigenvalue weighted by Crippen LogP contribution is -2.14. The van der Waals surface area contributed by atoms with Gasteiger partial charge in [0.05, 0.1) is 18.1 Å². The van der Waals surface area contributed by atoms with Crippen LogP contribution in [0.4, 0.5) is 0 Å². The standard InChI is InChI=1S/C16H23N5O/c1-4-6-12(2)7-5-8-15-19-16(22-20-15)14(17)9-13-10-21(3)11-18-13/h6,10-12,14H,1,5,7-9,17H2,2-3H3. The van der Waals surface area contributed by atoms with Crippen molar-refractivity contribution in [3.05, 3.63) is 48.3 Å². The zero-order chi connectivity index (χ0) is 15.9. The maximum atomic E-state index is 6.10. The van der Waals surface area contributed by atoms with Crippen molar-refractivity contribution in [2.24, 2.45) is 18.7 Å². The summed E-state index contributed by atoms with van der Waals surface area (Å²) in [4.78, 5) is 8.63. The van der Waals surface area contributed by atoms with E-state index < -0.39 is 0 Å². The first-order valence-corrected chi connectivity index (χ1v) is 7.49. The summed E-state index contributed by atoms with van der Waals surface area (Å²) in [6.45, 7) is 5.73. The normalized spacial score (nSPS) is 13.6. The fourth-order valence-corrected chi connectivity index (χ4v) is 2.27. The first kappa shape index (κ1) is 16.2. The molecular formula is C16H23N5O. The Morgan fingerprint density at radius 2 is 2.36 bits per heavy atom.